The Labute approximate surface area is 66.8 Å². The van der Waals surface area contributed by atoms with E-state index in [2.05, 4.69) is 0 Å². The lowest BCUT2D eigenvalue weighted by Gasteiger charge is -2.03. The number of rotatable bonds is 1. The van der Waals surface area contributed by atoms with Crippen LogP contribution in [0.1, 0.15) is 23.9 Å². The van der Waals surface area contributed by atoms with Crippen LogP contribution < -0.4 is 0 Å². The molecule has 62 valence electrons. The second kappa shape index (κ2) is 2.68. The molecule has 11 heavy (non-hydrogen) atoms. The van der Waals surface area contributed by atoms with Gasteiger partial charge in [0.05, 0.1) is 5.69 Å². The van der Waals surface area contributed by atoms with Gasteiger partial charge in [-0.05, 0) is 27.7 Å². The first-order valence-electron chi connectivity index (χ1n) is 3.91. The smallest absolute Gasteiger partial charge is 0.146 e. The molecule has 0 aliphatic carbocycles. The zero-order valence-electron chi connectivity index (χ0n) is 7.53. The van der Waals surface area contributed by atoms with Gasteiger partial charge in [-0.15, -0.1) is 0 Å². The van der Waals surface area contributed by atoms with Gasteiger partial charge in [0, 0.05) is 17.8 Å². The summed E-state index contributed by atoms with van der Waals surface area (Å²) >= 11 is 0. The molecule has 0 aliphatic heterocycles. The first-order chi connectivity index (χ1) is 5.09. The molecule has 0 aliphatic rings. The minimum Gasteiger partial charge on any atom is -0.346 e. The van der Waals surface area contributed by atoms with E-state index in [1.807, 2.05) is 32.3 Å². The molecule has 1 heterocycles. The zero-order chi connectivity index (χ0) is 8.59. The van der Waals surface area contributed by atoms with E-state index >= 15 is 0 Å². The van der Waals surface area contributed by atoms with Gasteiger partial charge < -0.3 is 4.57 Å². The minimum absolute atomic E-state index is 0.0515. The number of aromatic nitrogens is 1. The van der Waals surface area contributed by atoms with Crippen LogP contribution in [-0.2, 0) is 6.54 Å². The van der Waals surface area contributed by atoms with Crippen LogP contribution in [0.15, 0.2) is 0 Å². The van der Waals surface area contributed by atoms with Crippen molar-refractivity contribution < 1.29 is 4.39 Å². The Morgan fingerprint density at radius 2 is 1.73 bits per heavy atom. The standard InChI is InChI=1S/C9H14FN/c1-5-11-7(3)6(2)9(10)8(11)4/h5H2,1-4H3. The summed E-state index contributed by atoms with van der Waals surface area (Å²) in [4.78, 5) is 0. The molecule has 0 atom stereocenters. The van der Waals surface area contributed by atoms with Gasteiger partial charge in [0.25, 0.3) is 0 Å². The van der Waals surface area contributed by atoms with Crippen LogP contribution in [0, 0.1) is 26.6 Å². The number of hydrogen-bond donors (Lipinski definition) is 0. The Kier molecular flexibility index (Phi) is 2.03. The van der Waals surface area contributed by atoms with Gasteiger partial charge in [-0.2, -0.15) is 0 Å². The summed E-state index contributed by atoms with van der Waals surface area (Å²) in [6, 6.07) is 0. The Balaban J connectivity index is 3.36. The topological polar surface area (TPSA) is 4.93 Å². The van der Waals surface area contributed by atoms with E-state index in [0.29, 0.717) is 0 Å². The van der Waals surface area contributed by atoms with E-state index in [4.69, 9.17) is 0 Å². The van der Waals surface area contributed by atoms with Crippen LogP contribution in [0.4, 0.5) is 4.39 Å². The molecule has 0 fully saturated rings. The number of halogens is 1. The maximum absolute atomic E-state index is 13.2. The summed E-state index contributed by atoms with van der Waals surface area (Å²) in [5.74, 6) is -0.0515. The number of hydrogen-bond acceptors (Lipinski definition) is 0. The predicted octanol–water partition coefficient (Wildman–Crippen LogP) is 2.57. The molecule has 2 heteroatoms. The molecule has 0 saturated carbocycles. The van der Waals surface area contributed by atoms with Crippen molar-refractivity contribution in [3.8, 4) is 0 Å². The molecule has 1 rings (SSSR count). The Morgan fingerprint density at radius 3 is 1.91 bits per heavy atom. The van der Waals surface area contributed by atoms with Crippen LogP contribution in [0.5, 0.6) is 0 Å². The summed E-state index contributed by atoms with van der Waals surface area (Å²) < 4.78 is 15.2. The van der Waals surface area contributed by atoms with E-state index < -0.39 is 0 Å². The van der Waals surface area contributed by atoms with Crippen molar-refractivity contribution in [2.24, 2.45) is 0 Å². The van der Waals surface area contributed by atoms with E-state index in [9.17, 15) is 4.39 Å². The van der Waals surface area contributed by atoms with Crippen LogP contribution >= 0.6 is 0 Å². The van der Waals surface area contributed by atoms with Crippen molar-refractivity contribution >= 4 is 0 Å². The SMILES string of the molecule is CCn1c(C)c(C)c(F)c1C. The van der Waals surface area contributed by atoms with E-state index in [-0.39, 0.29) is 5.82 Å². The highest BCUT2D eigenvalue weighted by atomic mass is 19.1. The molecule has 0 spiro atoms. The third-order valence-electron chi connectivity index (χ3n) is 2.32. The summed E-state index contributed by atoms with van der Waals surface area (Å²) in [6.07, 6.45) is 0. The van der Waals surface area contributed by atoms with E-state index in [0.717, 1.165) is 23.5 Å². The fourth-order valence-corrected chi connectivity index (χ4v) is 1.48. The molecule has 1 aromatic heterocycles. The molecule has 0 aromatic carbocycles. The molecule has 1 nitrogen and oxygen atoms in total. The zero-order valence-corrected chi connectivity index (χ0v) is 7.53. The average Bonchev–Trinajstić information content (AvgIpc) is 2.17. The highest BCUT2D eigenvalue weighted by molar-refractivity contribution is 5.27. The Hall–Kier alpha value is -0.790. The molecule has 0 bridgehead atoms. The van der Waals surface area contributed by atoms with Gasteiger partial charge in [-0.3, -0.25) is 0 Å². The first-order valence-corrected chi connectivity index (χ1v) is 3.91. The average molecular weight is 155 g/mol. The molecular formula is C9H14FN. The predicted molar refractivity (Wildman–Crippen MR) is 44.3 cm³/mol. The lowest BCUT2D eigenvalue weighted by Crippen LogP contribution is -1.98. The summed E-state index contributed by atoms with van der Waals surface area (Å²) in [7, 11) is 0. The normalized spacial score (nSPS) is 10.6. The summed E-state index contributed by atoms with van der Waals surface area (Å²) in [5, 5.41) is 0. The fourth-order valence-electron chi connectivity index (χ4n) is 1.48. The molecular weight excluding hydrogens is 141 g/mol. The van der Waals surface area contributed by atoms with Gasteiger partial charge in [0.1, 0.15) is 5.82 Å². The second-order valence-corrected chi connectivity index (χ2v) is 2.85. The Morgan fingerprint density at radius 1 is 1.18 bits per heavy atom. The van der Waals surface area contributed by atoms with Crippen LogP contribution in [-0.4, -0.2) is 4.57 Å². The number of nitrogens with zero attached hydrogens (tertiary/aromatic N) is 1. The highest BCUT2D eigenvalue weighted by Gasteiger charge is 2.11. The van der Waals surface area contributed by atoms with Crippen LogP contribution in [0.25, 0.3) is 0 Å². The minimum atomic E-state index is -0.0515. The third kappa shape index (κ3) is 1.06. The van der Waals surface area contributed by atoms with E-state index in [1.54, 1.807) is 0 Å². The van der Waals surface area contributed by atoms with Crippen molar-refractivity contribution in [2.45, 2.75) is 34.2 Å². The molecule has 0 N–H and O–H groups in total. The van der Waals surface area contributed by atoms with Crippen molar-refractivity contribution in [2.75, 3.05) is 0 Å². The van der Waals surface area contributed by atoms with Gasteiger partial charge in [-0.25, -0.2) is 4.39 Å². The molecule has 0 amide bonds. The van der Waals surface area contributed by atoms with Gasteiger partial charge in [-0.1, -0.05) is 0 Å². The molecule has 1 aromatic rings. The maximum Gasteiger partial charge on any atom is 0.146 e. The third-order valence-corrected chi connectivity index (χ3v) is 2.32. The Bertz CT molecular complexity index is 248. The fraction of sp³-hybridized carbons (Fsp3) is 0.556. The van der Waals surface area contributed by atoms with Crippen LogP contribution in [0.2, 0.25) is 0 Å². The first kappa shape index (κ1) is 8.31. The molecule has 0 radical (unpaired) electrons. The maximum atomic E-state index is 13.2. The van der Waals surface area contributed by atoms with Gasteiger partial charge >= 0.3 is 0 Å². The second-order valence-electron chi connectivity index (χ2n) is 2.85. The van der Waals surface area contributed by atoms with Crippen LogP contribution in [0.3, 0.4) is 0 Å². The lowest BCUT2D eigenvalue weighted by atomic mass is 10.3. The van der Waals surface area contributed by atoms with E-state index in [1.165, 1.54) is 0 Å². The molecule has 0 unspecified atom stereocenters. The van der Waals surface area contributed by atoms with Crippen molar-refractivity contribution in [3.05, 3.63) is 22.8 Å². The largest absolute Gasteiger partial charge is 0.346 e. The quantitative estimate of drug-likeness (QED) is 0.587. The van der Waals surface area contributed by atoms with Crippen molar-refractivity contribution in [1.82, 2.24) is 4.57 Å². The van der Waals surface area contributed by atoms with Crippen molar-refractivity contribution in [3.63, 3.8) is 0 Å². The van der Waals surface area contributed by atoms with Gasteiger partial charge in [0.15, 0.2) is 0 Å². The summed E-state index contributed by atoms with van der Waals surface area (Å²) in [5.41, 5.74) is 2.58. The lowest BCUT2D eigenvalue weighted by molar-refractivity contribution is 0.597. The molecule has 0 saturated heterocycles. The summed E-state index contributed by atoms with van der Waals surface area (Å²) in [6.45, 7) is 8.47. The van der Waals surface area contributed by atoms with Crippen molar-refractivity contribution in [1.29, 1.82) is 0 Å². The monoisotopic (exact) mass is 155 g/mol. The highest BCUT2D eigenvalue weighted by Crippen LogP contribution is 2.18. The van der Waals surface area contributed by atoms with Gasteiger partial charge in [0.2, 0.25) is 0 Å².